The van der Waals surface area contributed by atoms with Crippen molar-refractivity contribution >= 4 is 15.9 Å². The largest absolute Gasteiger partial charge is 0.508 e. The highest BCUT2D eigenvalue weighted by atomic mass is 79.9. The average Bonchev–Trinajstić information content (AvgIpc) is 2.41. The minimum absolute atomic E-state index is 0.319. The van der Waals surface area contributed by atoms with Gasteiger partial charge in [-0.15, -0.1) is 0 Å². The van der Waals surface area contributed by atoms with Crippen LogP contribution in [0.4, 0.5) is 0 Å². The maximum absolute atomic E-state index is 9.22. The van der Waals surface area contributed by atoms with Gasteiger partial charge in [-0.05, 0) is 55.3 Å². The number of nitrogens with one attached hydrogen (secondary N) is 1. The highest BCUT2D eigenvalue weighted by Crippen LogP contribution is 2.16. The highest BCUT2D eigenvalue weighted by Gasteiger charge is 2.04. The van der Waals surface area contributed by atoms with Crippen molar-refractivity contribution in [1.82, 2.24) is 5.32 Å². The molecule has 0 aliphatic rings. The zero-order valence-electron chi connectivity index (χ0n) is 10.9. The molecule has 0 aliphatic heterocycles. The van der Waals surface area contributed by atoms with Crippen molar-refractivity contribution in [2.45, 2.75) is 19.4 Å². The van der Waals surface area contributed by atoms with E-state index in [2.05, 4.69) is 52.4 Å². The molecule has 2 nitrogen and oxygen atoms in total. The van der Waals surface area contributed by atoms with Crippen LogP contribution in [0, 0.1) is 0 Å². The predicted octanol–water partition coefficient (Wildman–Crippen LogP) is 4.05. The molecule has 0 spiro atoms. The lowest BCUT2D eigenvalue weighted by Crippen LogP contribution is -2.21. The summed E-state index contributed by atoms with van der Waals surface area (Å²) in [7, 11) is 0. The lowest BCUT2D eigenvalue weighted by Gasteiger charge is -2.14. The molecule has 0 aliphatic carbocycles. The van der Waals surface area contributed by atoms with Crippen LogP contribution in [0.5, 0.6) is 5.75 Å². The van der Waals surface area contributed by atoms with Crippen molar-refractivity contribution < 1.29 is 5.11 Å². The van der Waals surface area contributed by atoms with Gasteiger partial charge < -0.3 is 10.4 Å². The summed E-state index contributed by atoms with van der Waals surface area (Å²) in [6.45, 7) is 3.09. The molecule has 2 rings (SSSR count). The van der Waals surface area contributed by atoms with Gasteiger partial charge in [-0.3, -0.25) is 0 Å². The Morgan fingerprint density at radius 1 is 1.05 bits per heavy atom. The van der Waals surface area contributed by atoms with Gasteiger partial charge in [-0.25, -0.2) is 0 Å². The summed E-state index contributed by atoms with van der Waals surface area (Å²) < 4.78 is 1.10. The molecule has 0 amide bonds. The van der Waals surface area contributed by atoms with Crippen molar-refractivity contribution in [3.05, 3.63) is 64.1 Å². The maximum Gasteiger partial charge on any atom is 0.115 e. The van der Waals surface area contributed by atoms with E-state index in [4.69, 9.17) is 0 Å². The molecule has 0 saturated carbocycles. The third kappa shape index (κ3) is 4.37. The second kappa shape index (κ2) is 6.73. The van der Waals surface area contributed by atoms with Crippen LogP contribution in [0.25, 0.3) is 0 Å². The SMILES string of the molecule is CC(NCCc1ccc(O)cc1)c1ccc(Br)cc1. The minimum atomic E-state index is 0.319. The molecule has 1 unspecified atom stereocenters. The Kier molecular flexibility index (Phi) is 5.00. The van der Waals surface area contributed by atoms with E-state index in [9.17, 15) is 5.11 Å². The summed E-state index contributed by atoms with van der Waals surface area (Å²) in [6, 6.07) is 16.1. The second-order valence-corrected chi connectivity index (χ2v) is 5.56. The van der Waals surface area contributed by atoms with E-state index in [0.717, 1.165) is 17.4 Å². The third-order valence-corrected chi connectivity index (χ3v) is 3.70. The summed E-state index contributed by atoms with van der Waals surface area (Å²) in [5.74, 6) is 0.319. The Balaban J connectivity index is 1.82. The van der Waals surface area contributed by atoms with E-state index < -0.39 is 0 Å². The number of phenols is 1. The molecular formula is C16H18BrNO. The van der Waals surface area contributed by atoms with Crippen LogP contribution >= 0.6 is 15.9 Å². The zero-order valence-corrected chi connectivity index (χ0v) is 12.5. The summed E-state index contributed by atoms with van der Waals surface area (Å²) in [5.41, 5.74) is 2.52. The monoisotopic (exact) mass is 319 g/mol. The fourth-order valence-electron chi connectivity index (χ4n) is 1.96. The van der Waals surface area contributed by atoms with Crippen LogP contribution in [0.3, 0.4) is 0 Å². The van der Waals surface area contributed by atoms with Crippen molar-refractivity contribution in [1.29, 1.82) is 0 Å². The summed E-state index contributed by atoms with van der Waals surface area (Å²) in [4.78, 5) is 0. The van der Waals surface area contributed by atoms with Gasteiger partial charge in [0.05, 0.1) is 0 Å². The van der Waals surface area contributed by atoms with Gasteiger partial charge >= 0.3 is 0 Å². The molecule has 0 saturated heterocycles. The Bertz CT molecular complexity index is 507. The van der Waals surface area contributed by atoms with E-state index in [0.29, 0.717) is 11.8 Å². The van der Waals surface area contributed by atoms with Crippen LogP contribution in [0.1, 0.15) is 24.1 Å². The number of halogens is 1. The van der Waals surface area contributed by atoms with Crippen molar-refractivity contribution in [2.24, 2.45) is 0 Å². The van der Waals surface area contributed by atoms with E-state index in [-0.39, 0.29) is 0 Å². The average molecular weight is 320 g/mol. The molecule has 0 radical (unpaired) electrons. The van der Waals surface area contributed by atoms with Crippen molar-refractivity contribution in [2.75, 3.05) is 6.54 Å². The Morgan fingerprint density at radius 3 is 2.32 bits per heavy atom. The number of phenolic OH excluding ortho intramolecular Hbond substituents is 1. The molecule has 0 aromatic heterocycles. The third-order valence-electron chi connectivity index (χ3n) is 3.17. The molecule has 0 heterocycles. The molecule has 2 aromatic rings. The molecule has 19 heavy (non-hydrogen) atoms. The van der Waals surface area contributed by atoms with E-state index in [1.165, 1.54) is 11.1 Å². The molecule has 0 fully saturated rings. The minimum Gasteiger partial charge on any atom is -0.508 e. The van der Waals surface area contributed by atoms with E-state index in [1.807, 2.05) is 12.1 Å². The van der Waals surface area contributed by atoms with Gasteiger partial charge in [-0.2, -0.15) is 0 Å². The van der Waals surface area contributed by atoms with Gasteiger partial charge in [0.1, 0.15) is 5.75 Å². The zero-order chi connectivity index (χ0) is 13.7. The molecule has 3 heteroatoms. The van der Waals surface area contributed by atoms with Crippen LogP contribution < -0.4 is 5.32 Å². The Hall–Kier alpha value is -1.32. The normalized spacial score (nSPS) is 12.3. The standard InChI is InChI=1S/C16H18BrNO/c1-12(14-4-6-15(17)7-5-14)18-11-10-13-2-8-16(19)9-3-13/h2-9,12,18-19H,10-11H2,1H3. The van der Waals surface area contributed by atoms with Gasteiger partial charge in [0.2, 0.25) is 0 Å². The number of hydrogen-bond donors (Lipinski definition) is 2. The van der Waals surface area contributed by atoms with Gasteiger partial charge in [-0.1, -0.05) is 40.2 Å². The first-order chi connectivity index (χ1) is 9.15. The Morgan fingerprint density at radius 2 is 1.68 bits per heavy atom. The number of rotatable bonds is 5. The van der Waals surface area contributed by atoms with Crippen LogP contribution in [-0.4, -0.2) is 11.7 Å². The van der Waals surface area contributed by atoms with Gasteiger partial charge in [0.25, 0.3) is 0 Å². The molecule has 2 aromatic carbocycles. The van der Waals surface area contributed by atoms with Gasteiger partial charge in [0.15, 0.2) is 0 Å². The first kappa shape index (κ1) is 14.1. The summed E-state index contributed by atoms with van der Waals surface area (Å²) in [6.07, 6.45) is 0.959. The predicted molar refractivity (Wildman–Crippen MR) is 82.4 cm³/mol. The molecule has 100 valence electrons. The topological polar surface area (TPSA) is 32.3 Å². The Labute approximate surface area is 122 Å². The smallest absolute Gasteiger partial charge is 0.115 e. The summed E-state index contributed by atoms with van der Waals surface area (Å²) in [5, 5.41) is 12.7. The fraction of sp³-hybridized carbons (Fsp3) is 0.250. The fourth-order valence-corrected chi connectivity index (χ4v) is 2.23. The molecular weight excluding hydrogens is 302 g/mol. The van der Waals surface area contributed by atoms with Crippen LogP contribution in [0.15, 0.2) is 53.0 Å². The number of hydrogen-bond acceptors (Lipinski definition) is 2. The quantitative estimate of drug-likeness (QED) is 0.871. The second-order valence-electron chi connectivity index (χ2n) is 4.64. The highest BCUT2D eigenvalue weighted by molar-refractivity contribution is 9.10. The molecule has 1 atom stereocenters. The van der Waals surface area contributed by atoms with Crippen molar-refractivity contribution in [3.63, 3.8) is 0 Å². The number of benzene rings is 2. The van der Waals surface area contributed by atoms with E-state index >= 15 is 0 Å². The van der Waals surface area contributed by atoms with Crippen molar-refractivity contribution in [3.8, 4) is 5.75 Å². The van der Waals surface area contributed by atoms with Gasteiger partial charge in [0, 0.05) is 10.5 Å². The first-order valence-electron chi connectivity index (χ1n) is 6.42. The summed E-state index contributed by atoms with van der Waals surface area (Å²) >= 11 is 3.44. The maximum atomic E-state index is 9.22. The number of aromatic hydroxyl groups is 1. The first-order valence-corrected chi connectivity index (χ1v) is 7.21. The lowest BCUT2D eigenvalue weighted by molar-refractivity contribution is 0.475. The molecule has 0 bridgehead atoms. The van der Waals surface area contributed by atoms with E-state index in [1.54, 1.807) is 12.1 Å². The van der Waals surface area contributed by atoms with Crippen LogP contribution in [0.2, 0.25) is 0 Å². The van der Waals surface area contributed by atoms with Crippen LogP contribution in [-0.2, 0) is 6.42 Å². The lowest BCUT2D eigenvalue weighted by atomic mass is 10.1. The molecule has 2 N–H and O–H groups in total.